The fourth-order valence-electron chi connectivity index (χ4n) is 0.338. The summed E-state index contributed by atoms with van der Waals surface area (Å²) in [7, 11) is 0. The van der Waals surface area contributed by atoms with Gasteiger partial charge in [0.1, 0.15) is 4.49 Å². The van der Waals surface area contributed by atoms with Crippen LogP contribution >= 0.6 is 34.8 Å². The van der Waals surface area contributed by atoms with E-state index in [9.17, 15) is 4.79 Å². The highest BCUT2D eigenvalue weighted by Gasteiger charge is 2.33. The maximum absolute atomic E-state index is 10.5. The molecule has 0 aromatic rings. The van der Waals surface area contributed by atoms with Crippen molar-refractivity contribution < 1.29 is 9.90 Å². The summed E-state index contributed by atoms with van der Waals surface area (Å²) in [6, 6.07) is 0. The van der Waals surface area contributed by atoms with Crippen molar-refractivity contribution in [1.29, 1.82) is 0 Å². The van der Waals surface area contributed by atoms with Crippen LogP contribution in [0.4, 0.5) is 0 Å². The number of carboxylic acid groups (broad SMARTS) is 1. The van der Waals surface area contributed by atoms with E-state index in [0.717, 1.165) is 0 Å². The minimum Gasteiger partial charge on any atom is -0.480 e. The Kier molecular flexibility index (Phi) is 3.68. The van der Waals surface area contributed by atoms with Gasteiger partial charge in [0.25, 0.3) is 0 Å². The first-order valence-corrected chi connectivity index (χ1v) is 3.88. The molecule has 2 nitrogen and oxygen atoms in total. The normalized spacial score (nSPS) is 15.4. The number of carbonyl (C=O) groups is 1. The molecule has 0 radical (unpaired) electrons. The van der Waals surface area contributed by atoms with E-state index in [1.165, 1.54) is 13.8 Å². The molecule has 0 bridgehead atoms. The third-order valence-electron chi connectivity index (χ3n) is 1.39. The fourth-order valence-corrected chi connectivity index (χ4v) is 0.907. The van der Waals surface area contributed by atoms with Gasteiger partial charge >= 0.3 is 5.97 Å². The standard InChI is InChI=1S/C6H7Cl3O2/c1-3(4(7)8)6(2,9)5(10)11/h1-2H3,(H,10,11). The first kappa shape index (κ1) is 11.1. The predicted octanol–water partition coefficient (Wildman–Crippen LogP) is 2.78. The van der Waals surface area contributed by atoms with Gasteiger partial charge in [-0.15, -0.1) is 11.6 Å². The quantitative estimate of drug-likeness (QED) is 0.722. The summed E-state index contributed by atoms with van der Waals surface area (Å²) in [5.41, 5.74) is 0.231. The number of alkyl halides is 1. The summed E-state index contributed by atoms with van der Waals surface area (Å²) in [5, 5.41) is 8.58. The molecule has 0 aromatic carbocycles. The number of halogens is 3. The average Bonchev–Trinajstić information content (AvgIpc) is 1.85. The first-order chi connectivity index (χ1) is 4.80. The first-order valence-electron chi connectivity index (χ1n) is 2.74. The lowest BCUT2D eigenvalue weighted by molar-refractivity contribution is -0.138. The molecule has 1 atom stereocenters. The summed E-state index contributed by atoms with van der Waals surface area (Å²) in [5.74, 6) is -1.17. The van der Waals surface area contributed by atoms with Crippen LogP contribution in [0, 0.1) is 0 Å². The molecule has 0 saturated carbocycles. The molecule has 0 aliphatic rings. The van der Waals surface area contributed by atoms with E-state index >= 15 is 0 Å². The maximum Gasteiger partial charge on any atom is 0.328 e. The Morgan fingerprint density at radius 3 is 1.91 bits per heavy atom. The molecule has 0 aliphatic carbocycles. The van der Waals surface area contributed by atoms with Crippen molar-refractivity contribution in [2.75, 3.05) is 0 Å². The molecule has 0 spiro atoms. The predicted molar refractivity (Wildman–Crippen MR) is 46.3 cm³/mol. The topological polar surface area (TPSA) is 37.3 Å². The molecule has 0 aromatic heterocycles. The zero-order valence-electron chi connectivity index (χ0n) is 5.99. The van der Waals surface area contributed by atoms with Crippen LogP contribution in [0.15, 0.2) is 10.1 Å². The molecule has 1 N–H and O–H groups in total. The largest absolute Gasteiger partial charge is 0.480 e. The van der Waals surface area contributed by atoms with Crippen molar-refractivity contribution in [1.82, 2.24) is 0 Å². The Morgan fingerprint density at radius 1 is 1.45 bits per heavy atom. The lowest BCUT2D eigenvalue weighted by Gasteiger charge is -2.16. The minimum atomic E-state index is -1.52. The van der Waals surface area contributed by atoms with E-state index < -0.39 is 10.8 Å². The molecule has 0 saturated heterocycles. The Balaban J connectivity index is 4.86. The van der Waals surface area contributed by atoms with Gasteiger partial charge in [-0.1, -0.05) is 23.2 Å². The zero-order valence-corrected chi connectivity index (χ0v) is 8.26. The van der Waals surface area contributed by atoms with E-state index in [2.05, 4.69) is 0 Å². The van der Waals surface area contributed by atoms with Gasteiger partial charge in [-0.2, -0.15) is 0 Å². The summed E-state index contributed by atoms with van der Waals surface area (Å²) < 4.78 is -0.107. The van der Waals surface area contributed by atoms with Crippen LogP contribution in [0.25, 0.3) is 0 Å². The van der Waals surface area contributed by atoms with Gasteiger partial charge in [0, 0.05) is 0 Å². The summed E-state index contributed by atoms with van der Waals surface area (Å²) >= 11 is 16.3. The van der Waals surface area contributed by atoms with Gasteiger partial charge in [-0.05, 0) is 19.4 Å². The molecular formula is C6H7Cl3O2. The molecule has 64 valence electrons. The molecule has 0 aliphatic heterocycles. The Labute approximate surface area is 79.7 Å². The molecule has 1 unspecified atom stereocenters. The van der Waals surface area contributed by atoms with Gasteiger partial charge < -0.3 is 5.11 Å². The third kappa shape index (κ3) is 2.55. The highest BCUT2D eigenvalue weighted by atomic mass is 35.5. The minimum absolute atomic E-state index is 0.107. The van der Waals surface area contributed by atoms with Crippen molar-refractivity contribution in [3.8, 4) is 0 Å². The molecule has 11 heavy (non-hydrogen) atoms. The van der Waals surface area contributed by atoms with Crippen molar-refractivity contribution >= 4 is 40.8 Å². The zero-order chi connectivity index (χ0) is 9.23. The van der Waals surface area contributed by atoms with Crippen LogP contribution in [0.3, 0.4) is 0 Å². The lowest BCUT2D eigenvalue weighted by Crippen LogP contribution is -2.29. The van der Waals surface area contributed by atoms with Crippen LogP contribution in [0.1, 0.15) is 13.8 Å². The molecular weight excluding hydrogens is 210 g/mol. The van der Waals surface area contributed by atoms with Crippen LogP contribution in [-0.2, 0) is 4.79 Å². The van der Waals surface area contributed by atoms with Gasteiger partial charge in [-0.25, -0.2) is 4.79 Å². The highest BCUT2D eigenvalue weighted by molar-refractivity contribution is 6.57. The van der Waals surface area contributed by atoms with Crippen LogP contribution in [0.5, 0.6) is 0 Å². The van der Waals surface area contributed by atoms with Crippen molar-refractivity contribution in [2.24, 2.45) is 0 Å². The van der Waals surface area contributed by atoms with Gasteiger partial charge in [-0.3, -0.25) is 0 Å². The Bertz CT molecular complexity index is 204. The van der Waals surface area contributed by atoms with E-state index in [1.807, 2.05) is 0 Å². The van der Waals surface area contributed by atoms with E-state index in [4.69, 9.17) is 39.9 Å². The average molecular weight is 217 g/mol. The van der Waals surface area contributed by atoms with Gasteiger partial charge in [0.15, 0.2) is 4.87 Å². The van der Waals surface area contributed by atoms with E-state index in [1.54, 1.807) is 0 Å². The smallest absolute Gasteiger partial charge is 0.328 e. The second-order valence-electron chi connectivity index (χ2n) is 2.19. The Morgan fingerprint density at radius 2 is 1.82 bits per heavy atom. The van der Waals surface area contributed by atoms with Gasteiger partial charge in [0.05, 0.1) is 0 Å². The molecule has 0 amide bonds. The van der Waals surface area contributed by atoms with Crippen molar-refractivity contribution in [2.45, 2.75) is 18.7 Å². The summed E-state index contributed by atoms with van der Waals surface area (Å²) in [6.45, 7) is 2.79. The van der Waals surface area contributed by atoms with Crippen LogP contribution < -0.4 is 0 Å². The second kappa shape index (κ2) is 3.65. The molecule has 0 heterocycles. The summed E-state index contributed by atoms with van der Waals surface area (Å²) in [4.78, 5) is 8.97. The van der Waals surface area contributed by atoms with Crippen molar-refractivity contribution in [3.63, 3.8) is 0 Å². The lowest BCUT2D eigenvalue weighted by atomic mass is 10.0. The number of hydrogen-bond donors (Lipinski definition) is 1. The third-order valence-corrected chi connectivity index (χ3v) is 2.40. The Hall–Kier alpha value is 0.0800. The SMILES string of the molecule is CC(=C(Cl)Cl)C(C)(Cl)C(=O)O. The van der Waals surface area contributed by atoms with Crippen LogP contribution in [0.2, 0.25) is 0 Å². The fraction of sp³-hybridized carbons (Fsp3) is 0.500. The molecule has 0 rings (SSSR count). The van der Waals surface area contributed by atoms with E-state index in [0.29, 0.717) is 0 Å². The highest BCUT2D eigenvalue weighted by Crippen LogP contribution is 2.30. The number of aliphatic carboxylic acids is 1. The molecule has 0 fully saturated rings. The summed E-state index contributed by atoms with van der Waals surface area (Å²) in [6.07, 6.45) is 0. The number of rotatable bonds is 2. The second-order valence-corrected chi connectivity index (χ2v) is 3.90. The number of hydrogen-bond acceptors (Lipinski definition) is 1. The van der Waals surface area contributed by atoms with Gasteiger partial charge in [0.2, 0.25) is 0 Å². The monoisotopic (exact) mass is 216 g/mol. The van der Waals surface area contributed by atoms with E-state index in [-0.39, 0.29) is 10.1 Å². The van der Waals surface area contributed by atoms with Crippen molar-refractivity contribution in [3.05, 3.63) is 10.1 Å². The molecule has 5 heteroatoms. The van der Waals surface area contributed by atoms with Crippen LogP contribution in [-0.4, -0.2) is 16.0 Å². The maximum atomic E-state index is 10.5. The number of carboxylic acids is 1.